The van der Waals surface area contributed by atoms with Crippen molar-refractivity contribution in [3.8, 4) is 0 Å². The molecule has 0 aliphatic heterocycles. The van der Waals surface area contributed by atoms with E-state index in [-0.39, 0.29) is 10.6 Å². The molecule has 1 N–H and O–H groups in total. The molecule has 0 amide bonds. The summed E-state index contributed by atoms with van der Waals surface area (Å²) in [6.07, 6.45) is 3.39. The molecule has 0 radical (unpaired) electrons. The maximum absolute atomic E-state index is 12.1. The van der Waals surface area contributed by atoms with Crippen LogP contribution >= 0.6 is 11.6 Å². The second kappa shape index (κ2) is 6.72. The minimum Gasteiger partial charge on any atom is -0.378 e. The smallest absolute Gasteiger partial charge is 0.287 e. The molecule has 0 atom stereocenters. The zero-order valence-electron chi connectivity index (χ0n) is 12.4. The molecular weight excluding hydrogens is 288 g/mol. The van der Waals surface area contributed by atoms with Gasteiger partial charge in [0.1, 0.15) is 5.02 Å². The molecule has 2 aromatic heterocycles. The summed E-state index contributed by atoms with van der Waals surface area (Å²) in [5.74, 6) is 0.337. The number of pyridine rings is 1. The summed E-state index contributed by atoms with van der Waals surface area (Å²) in [7, 11) is 0. The fraction of sp³-hybridized carbons (Fsp3) is 0.400. The molecule has 2 aromatic rings. The summed E-state index contributed by atoms with van der Waals surface area (Å²) >= 11 is 6.12. The fourth-order valence-corrected chi connectivity index (χ4v) is 2.08. The first-order chi connectivity index (χ1) is 9.97. The van der Waals surface area contributed by atoms with Gasteiger partial charge < -0.3 is 5.32 Å². The minimum absolute atomic E-state index is 0.172. The molecule has 0 bridgehead atoms. The highest BCUT2D eigenvalue weighted by atomic mass is 35.5. The topological polar surface area (TPSA) is 59.8 Å². The highest BCUT2D eigenvalue weighted by Gasteiger charge is 2.10. The third-order valence-corrected chi connectivity index (χ3v) is 3.34. The van der Waals surface area contributed by atoms with E-state index in [1.165, 1.54) is 4.68 Å². The van der Waals surface area contributed by atoms with Crippen molar-refractivity contribution in [3.63, 3.8) is 0 Å². The first kappa shape index (κ1) is 15.5. The van der Waals surface area contributed by atoms with E-state index in [4.69, 9.17) is 11.6 Å². The quantitative estimate of drug-likeness (QED) is 0.923. The van der Waals surface area contributed by atoms with Crippen LogP contribution in [0.1, 0.15) is 25.1 Å². The lowest BCUT2D eigenvalue weighted by atomic mass is 10.2. The standard InChI is InChI=1S/C15H19ClN4O/c1-10(2)9-20-15(21)14(16)13(8-19-20)18-7-12-5-4-11(3)17-6-12/h4-6,8,10,18H,7,9H2,1-3H3. The van der Waals surface area contributed by atoms with Crippen LogP contribution in [0.15, 0.2) is 29.3 Å². The molecule has 0 aliphatic carbocycles. The average Bonchev–Trinajstić information content (AvgIpc) is 2.44. The van der Waals surface area contributed by atoms with Crippen molar-refractivity contribution >= 4 is 17.3 Å². The van der Waals surface area contributed by atoms with Gasteiger partial charge in [-0.15, -0.1) is 0 Å². The van der Waals surface area contributed by atoms with Crippen molar-refractivity contribution in [2.45, 2.75) is 33.9 Å². The molecule has 2 heterocycles. The zero-order chi connectivity index (χ0) is 15.4. The summed E-state index contributed by atoms with van der Waals surface area (Å²) < 4.78 is 1.39. The Bertz CT molecular complexity index is 664. The lowest BCUT2D eigenvalue weighted by Gasteiger charge is -2.11. The van der Waals surface area contributed by atoms with Crippen molar-refractivity contribution in [2.24, 2.45) is 5.92 Å². The first-order valence-corrected chi connectivity index (χ1v) is 7.26. The van der Waals surface area contributed by atoms with Gasteiger partial charge in [0, 0.05) is 25.0 Å². The van der Waals surface area contributed by atoms with Crippen molar-refractivity contribution in [1.29, 1.82) is 0 Å². The van der Waals surface area contributed by atoms with E-state index in [9.17, 15) is 4.79 Å². The van der Waals surface area contributed by atoms with E-state index in [0.29, 0.717) is 24.7 Å². The summed E-state index contributed by atoms with van der Waals surface area (Å²) in [4.78, 5) is 16.3. The molecule has 0 fully saturated rings. The van der Waals surface area contributed by atoms with Crippen molar-refractivity contribution in [2.75, 3.05) is 5.32 Å². The zero-order valence-corrected chi connectivity index (χ0v) is 13.2. The third-order valence-electron chi connectivity index (χ3n) is 2.98. The summed E-state index contributed by atoms with van der Waals surface area (Å²) in [5.41, 5.74) is 2.26. The third kappa shape index (κ3) is 4.04. The summed E-state index contributed by atoms with van der Waals surface area (Å²) in [6.45, 7) is 7.09. The van der Waals surface area contributed by atoms with Crippen LogP contribution in [0.25, 0.3) is 0 Å². The molecule has 21 heavy (non-hydrogen) atoms. The summed E-state index contributed by atoms with van der Waals surface area (Å²) in [5, 5.41) is 7.44. The van der Waals surface area contributed by atoms with Gasteiger partial charge in [-0.3, -0.25) is 9.78 Å². The van der Waals surface area contributed by atoms with Gasteiger partial charge in [0.05, 0.1) is 11.9 Å². The van der Waals surface area contributed by atoms with Gasteiger partial charge in [0.25, 0.3) is 5.56 Å². The van der Waals surface area contributed by atoms with Crippen LogP contribution in [0.3, 0.4) is 0 Å². The maximum Gasteiger partial charge on any atom is 0.287 e. The van der Waals surface area contributed by atoms with Gasteiger partial charge in [-0.1, -0.05) is 31.5 Å². The predicted molar refractivity (Wildman–Crippen MR) is 84.6 cm³/mol. The van der Waals surface area contributed by atoms with E-state index in [0.717, 1.165) is 11.3 Å². The Labute approximate surface area is 129 Å². The van der Waals surface area contributed by atoms with Gasteiger partial charge in [-0.05, 0) is 24.5 Å². The Balaban J connectivity index is 2.12. The molecular formula is C15H19ClN4O. The van der Waals surface area contributed by atoms with Crippen LogP contribution in [-0.4, -0.2) is 14.8 Å². The summed E-state index contributed by atoms with van der Waals surface area (Å²) in [6, 6.07) is 3.92. The number of halogens is 1. The van der Waals surface area contributed by atoms with Gasteiger partial charge >= 0.3 is 0 Å². The molecule has 6 heteroatoms. The second-order valence-corrected chi connectivity index (χ2v) is 5.79. The van der Waals surface area contributed by atoms with Crippen LogP contribution in [-0.2, 0) is 13.1 Å². The predicted octanol–water partition coefficient (Wildman–Crippen LogP) is 2.87. The van der Waals surface area contributed by atoms with E-state index < -0.39 is 0 Å². The van der Waals surface area contributed by atoms with E-state index in [1.54, 1.807) is 12.4 Å². The molecule has 112 valence electrons. The van der Waals surface area contributed by atoms with E-state index >= 15 is 0 Å². The SMILES string of the molecule is Cc1ccc(CNc2cnn(CC(C)C)c(=O)c2Cl)cn1. The molecule has 0 saturated heterocycles. The Morgan fingerprint density at radius 3 is 2.71 bits per heavy atom. The number of rotatable bonds is 5. The van der Waals surface area contributed by atoms with Crippen LogP contribution in [0.5, 0.6) is 0 Å². The lowest BCUT2D eigenvalue weighted by Crippen LogP contribution is -2.26. The maximum atomic E-state index is 12.1. The van der Waals surface area contributed by atoms with Gasteiger partial charge in [0.2, 0.25) is 0 Å². The van der Waals surface area contributed by atoms with Crippen molar-refractivity contribution < 1.29 is 0 Å². The molecule has 2 rings (SSSR count). The Hall–Kier alpha value is -1.88. The molecule has 0 unspecified atom stereocenters. The van der Waals surface area contributed by atoms with E-state index in [1.807, 2.05) is 32.9 Å². The average molecular weight is 307 g/mol. The Kier molecular flexibility index (Phi) is 4.96. The molecule has 0 spiro atoms. The molecule has 0 aromatic carbocycles. The van der Waals surface area contributed by atoms with Gasteiger partial charge in [0.15, 0.2) is 0 Å². The molecule has 0 aliphatic rings. The first-order valence-electron chi connectivity index (χ1n) is 6.88. The largest absolute Gasteiger partial charge is 0.378 e. The van der Waals surface area contributed by atoms with Crippen LogP contribution in [0, 0.1) is 12.8 Å². The van der Waals surface area contributed by atoms with Gasteiger partial charge in [-0.2, -0.15) is 5.10 Å². The van der Waals surface area contributed by atoms with Crippen LogP contribution in [0.4, 0.5) is 5.69 Å². The number of anilines is 1. The number of nitrogens with zero attached hydrogens (tertiary/aromatic N) is 3. The molecule has 0 saturated carbocycles. The second-order valence-electron chi connectivity index (χ2n) is 5.41. The van der Waals surface area contributed by atoms with Crippen molar-refractivity contribution in [1.82, 2.24) is 14.8 Å². The number of hydrogen-bond donors (Lipinski definition) is 1. The Morgan fingerprint density at radius 1 is 1.33 bits per heavy atom. The van der Waals surface area contributed by atoms with Crippen LogP contribution in [0.2, 0.25) is 5.02 Å². The highest BCUT2D eigenvalue weighted by Crippen LogP contribution is 2.16. The van der Waals surface area contributed by atoms with Crippen molar-refractivity contribution in [3.05, 3.63) is 51.2 Å². The number of hydrogen-bond acceptors (Lipinski definition) is 4. The fourth-order valence-electron chi connectivity index (χ4n) is 1.86. The number of aromatic nitrogens is 3. The number of aryl methyl sites for hydroxylation is 1. The highest BCUT2D eigenvalue weighted by molar-refractivity contribution is 6.32. The minimum atomic E-state index is -0.266. The molecule has 5 nitrogen and oxygen atoms in total. The normalized spacial score (nSPS) is 10.9. The van der Waals surface area contributed by atoms with E-state index in [2.05, 4.69) is 15.4 Å². The number of nitrogens with one attached hydrogen (secondary N) is 1. The monoisotopic (exact) mass is 306 g/mol. The lowest BCUT2D eigenvalue weighted by molar-refractivity contribution is 0.464. The van der Waals surface area contributed by atoms with Crippen LogP contribution < -0.4 is 10.9 Å². The Morgan fingerprint density at radius 2 is 2.10 bits per heavy atom. The van der Waals surface area contributed by atoms with Gasteiger partial charge in [-0.25, -0.2) is 4.68 Å².